The van der Waals surface area contributed by atoms with Crippen molar-refractivity contribution in [2.75, 3.05) is 19.6 Å². The highest BCUT2D eigenvalue weighted by Gasteiger charge is 2.31. The van der Waals surface area contributed by atoms with E-state index in [0.29, 0.717) is 26.2 Å². The molecule has 1 aromatic carbocycles. The van der Waals surface area contributed by atoms with Crippen molar-refractivity contribution in [3.8, 4) is 0 Å². The molecule has 0 unspecified atom stereocenters. The molecule has 1 aliphatic heterocycles. The molecule has 0 aliphatic carbocycles. The van der Waals surface area contributed by atoms with Crippen molar-refractivity contribution in [1.82, 2.24) is 4.90 Å². The standard InChI is InChI=1S/C14H21N3O2/c15-11-14(16)6-8-17(9-7-14)13(18)19-10-12-4-2-1-3-5-12/h1-5H,6-11,15-16H2. The van der Waals surface area contributed by atoms with Gasteiger partial charge in [-0.3, -0.25) is 0 Å². The average Bonchev–Trinajstić information content (AvgIpc) is 2.47. The van der Waals surface area contributed by atoms with Gasteiger partial charge in [0.05, 0.1) is 0 Å². The molecule has 0 saturated carbocycles. The zero-order chi connectivity index (χ0) is 13.7. The molecule has 0 bridgehead atoms. The minimum Gasteiger partial charge on any atom is -0.445 e. The number of amides is 1. The van der Waals surface area contributed by atoms with Crippen LogP contribution in [0.4, 0.5) is 4.79 Å². The van der Waals surface area contributed by atoms with Crippen molar-refractivity contribution >= 4 is 6.09 Å². The van der Waals surface area contributed by atoms with Crippen LogP contribution in [0, 0.1) is 0 Å². The Bertz CT molecular complexity index is 414. The van der Waals surface area contributed by atoms with Crippen LogP contribution in [-0.2, 0) is 11.3 Å². The van der Waals surface area contributed by atoms with Crippen molar-refractivity contribution < 1.29 is 9.53 Å². The molecule has 0 aromatic heterocycles. The van der Waals surface area contributed by atoms with E-state index in [2.05, 4.69) is 0 Å². The highest BCUT2D eigenvalue weighted by atomic mass is 16.6. The molecule has 1 fully saturated rings. The van der Waals surface area contributed by atoms with Gasteiger partial charge in [-0.05, 0) is 18.4 Å². The molecule has 5 heteroatoms. The molecule has 1 aliphatic rings. The van der Waals surface area contributed by atoms with Crippen LogP contribution in [0.25, 0.3) is 0 Å². The lowest BCUT2D eigenvalue weighted by atomic mass is 9.89. The van der Waals surface area contributed by atoms with Crippen LogP contribution < -0.4 is 11.5 Å². The first kappa shape index (κ1) is 13.8. The third-order valence-corrected chi connectivity index (χ3v) is 3.63. The summed E-state index contributed by atoms with van der Waals surface area (Å²) in [5.74, 6) is 0. The normalized spacial score (nSPS) is 18.1. The Balaban J connectivity index is 1.79. The second kappa shape index (κ2) is 6.04. The maximum Gasteiger partial charge on any atom is 0.410 e. The van der Waals surface area contributed by atoms with Gasteiger partial charge < -0.3 is 21.1 Å². The molecular weight excluding hydrogens is 242 g/mol. The summed E-state index contributed by atoms with van der Waals surface area (Å²) in [5.41, 5.74) is 12.4. The Labute approximate surface area is 113 Å². The quantitative estimate of drug-likeness (QED) is 0.855. The SMILES string of the molecule is NCC1(N)CCN(C(=O)OCc2ccccc2)CC1. The van der Waals surface area contributed by atoms with E-state index in [9.17, 15) is 4.79 Å². The lowest BCUT2D eigenvalue weighted by Gasteiger charge is -2.37. The number of likely N-dealkylation sites (tertiary alicyclic amines) is 1. The molecule has 2 rings (SSSR count). The van der Waals surface area contributed by atoms with E-state index in [1.165, 1.54) is 0 Å². The number of nitrogens with two attached hydrogens (primary N) is 2. The fourth-order valence-corrected chi connectivity index (χ4v) is 2.15. The number of hydrogen-bond donors (Lipinski definition) is 2. The van der Waals surface area contributed by atoms with Crippen molar-refractivity contribution in [2.24, 2.45) is 11.5 Å². The van der Waals surface area contributed by atoms with Crippen LogP contribution in [0.1, 0.15) is 18.4 Å². The number of piperidine rings is 1. The maximum atomic E-state index is 11.9. The van der Waals surface area contributed by atoms with Crippen LogP contribution in [0.5, 0.6) is 0 Å². The minimum atomic E-state index is -0.323. The number of rotatable bonds is 3. The molecule has 0 spiro atoms. The molecule has 1 saturated heterocycles. The van der Waals surface area contributed by atoms with E-state index in [4.69, 9.17) is 16.2 Å². The zero-order valence-corrected chi connectivity index (χ0v) is 11.0. The Kier molecular flexibility index (Phi) is 4.39. The first-order valence-electron chi connectivity index (χ1n) is 6.57. The van der Waals surface area contributed by atoms with Gasteiger partial charge >= 0.3 is 6.09 Å². The van der Waals surface area contributed by atoms with Crippen molar-refractivity contribution in [3.63, 3.8) is 0 Å². The minimum absolute atomic E-state index is 0.275. The largest absolute Gasteiger partial charge is 0.445 e. The number of ether oxygens (including phenoxy) is 1. The second-order valence-corrected chi connectivity index (χ2v) is 5.09. The maximum absolute atomic E-state index is 11.9. The predicted octanol–water partition coefficient (Wildman–Crippen LogP) is 1.08. The number of hydrogen-bond acceptors (Lipinski definition) is 4. The van der Waals surface area contributed by atoms with E-state index in [-0.39, 0.29) is 11.6 Å². The van der Waals surface area contributed by atoms with Gasteiger partial charge in [-0.1, -0.05) is 30.3 Å². The van der Waals surface area contributed by atoms with Crippen molar-refractivity contribution in [3.05, 3.63) is 35.9 Å². The van der Waals surface area contributed by atoms with E-state index >= 15 is 0 Å². The topological polar surface area (TPSA) is 81.6 Å². The number of benzene rings is 1. The Morgan fingerprint density at radius 2 is 1.89 bits per heavy atom. The summed E-state index contributed by atoms with van der Waals surface area (Å²) in [6.45, 7) is 1.99. The summed E-state index contributed by atoms with van der Waals surface area (Å²) in [4.78, 5) is 13.6. The van der Waals surface area contributed by atoms with Gasteiger partial charge in [0.1, 0.15) is 6.61 Å². The summed E-state index contributed by atoms with van der Waals surface area (Å²) in [6, 6.07) is 9.65. The van der Waals surface area contributed by atoms with Crippen LogP contribution in [0.2, 0.25) is 0 Å². The number of carbonyl (C=O) groups is 1. The Morgan fingerprint density at radius 1 is 1.26 bits per heavy atom. The molecule has 5 nitrogen and oxygen atoms in total. The van der Waals surface area contributed by atoms with Gasteiger partial charge in [0.15, 0.2) is 0 Å². The molecule has 0 radical (unpaired) electrons. The Morgan fingerprint density at radius 3 is 2.47 bits per heavy atom. The average molecular weight is 263 g/mol. The molecule has 1 heterocycles. The van der Waals surface area contributed by atoms with Crippen LogP contribution in [0.15, 0.2) is 30.3 Å². The van der Waals surface area contributed by atoms with E-state index in [1.807, 2.05) is 30.3 Å². The van der Waals surface area contributed by atoms with Gasteiger partial charge in [-0.15, -0.1) is 0 Å². The van der Waals surface area contributed by atoms with E-state index in [1.54, 1.807) is 4.90 Å². The summed E-state index contributed by atoms with van der Waals surface area (Å²) in [5, 5.41) is 0. The lowest BCUT2D eigenvalue weighted by Crippen LogP contribution is -2.55. The van der Waals surface area contributed by atoms with Gasteiger partial charge in [-0.25, -0.2) is 4.79 Å². The highest BCUT2D eigenvalue weighted by Crippen LogP contribution is 2.19. The van der Waals surface area contributed by atoms with Crippen LogP contribution in [0.3, 0.4) is 0 Å². The third kappa shape index (κ3) is 3.68. The first-order chi connectivity index (χ1) is 9.13. The van der Waals surface area contributed by atoms with Gasteiger partial charge in [0.25, 0.3) is 0 Å². The second-order valence-electron chi connectivity index (χ2n) is 5.09. The fraction of sp³-hybridized carbons (Fsp3) is 0.500. The monoisotopic (exact) mass is 263 g/mol. The first-order valence-corrected chi connectivity index (χ1v) is 6.57. The molecule has 1 amide bonds. The van der Waals surface area contributed by atoms with Crippen LogP contribution >= 0.6 is 0 Å². The molecule has 1 aromatic rings. The van der Waals surface area contributed by atoms with Crippen molar-refractivity contribution in [1.29, 1.82) is 0 Å². The van der Waals surface area contributed by atoms with Gasteiger partial charge in [0, 0.05) is 25.2 Å². The predicted molar refractivity (Wildman–Crippen MR) is 73.4 cm³/mol. The molecule has 4 N–H and O–H groups in total. The molecule has 0 atom stereocenters. The summed E-state index contributed by atoms with van der Waals surface area (Å²) < 4.78 is 5.28. The van der Waals surface area contributed by atoms with E-state index < -0.39 is 0 Å². The Hall–Kier alpha value is -1.59. The smallest absolute Gasteiger partial charge is 0.410 e. The molecule has 19 heavy (non-hydrogen) atoms. The molecular formula is C14H21N3O2. The van der Waals surface area contributed by atoms with Gasteiger partial charge in [0.2, 0.25) is 0 Å². The molecule has 104 valence electrons. The fourth-order valence-electron chi connectivity index (χ4n) is 2.15. The van der Waals surface area contributed by atoms with Crippen LogP contribution in [-0.4, -0.2) is 36.2 Å². The van der Waals surface area contributed by atoms with Gasteiger partial charge in [-0.2, -0.15) is 0 Å². The van der Waals surface area contributed by atoms with Crippen molar-refractivity contribution in [2.45, 2.75) is 25.0 Å². The summed E-state index contributed by atoms with van der Waals surface area (Å²) >= 11 is 0. The zero-order valence-electron chi connectivity index (χ0n) is 11.0. The lowest BCUT2D eigenvalue weighted by molar-refractivity contribution is 0.0791. The number of nitrogens with zero attached hydrogens (tertiary/aromatic N) is 1. The summed E-state index contributed by atoms with van der Waals surface area (Å²) in [7, 11) is 0. The number of carbonyl (C=O) groups excluding carboxylic acids is 1. The van der Waals surface area contributed by atoms with E-state index in [0.717, 1.165) is 18.4 Å². The summed E-state index contributed by atoms with van der Waals surface area (Å²) in [6.07, 6.45) is 1.18. The highest BCUT2D eigenvalue weighted by molar-refractivity contribution is 5.67. The third-order valence-electron chi connectivity index (χ3n) is 3.63.